The number of nitrogens with zero attached hydrogens (tertiary/aromatic N) is 5. The van der Waals surface area contributed by atoms with Crippen LogP contribution in [0, 0.1) is 0 Å². The van der Waals surface area contributed by atoms with Crippen molar-refractivity contribution in [1.29, 1.82) is 0 Å². The molecule has 1 fully saturated rings. The van der Waals surface area contributed by atoms with E-state index in [0.717, 1.165) is 37.4 Å². The second kappa shape index (κ2) is 4.29. The minimum Gasteiger partial charge on any atom is -0.364 e. The Kier molecular flexibility index (Phi) is 2.64. The zero-order valence-electron chi connectivity index (χ0n) is 9.87. The summed E-state index contributed by atoms with van der Waals surface area (Å²) in [5.74, 6) is 0.833. The molecule has 17 heavy (non-hydrogen) atoms. The molecule has 0 unspecified atom stereocenters. The van der Waals surface area contributed by atoms with Gasteiger partial charge in [0.1, 0.15) is 6.33 Å². The van der Waals surface area contributed by atoms with Crippen LogP contribution in [0.5, 0.6) is 0 Å². The molecule has 0 atom stereocenters. The fourth-order valence-electron chi connectivity index (χ4n) is 2.21. The zero-order chi connectivity index (χ0) is 11.7. The molecule has 0 spiro atoms. The Morgan fingerprint density at radius 1 is 1.35 bits per heavy atom. The average molecular weight is 232 g/mol. The molecule has 2 aromatic heterocycles. The quantitative estimate of drug-likeness (QED) is 0.823. The number of aromatic nitrogens is 4. The predicted molar refractivity (Wildman–Crippen MR) is 64.9 cm³/mol. The van der Waals surface area contributed by atoms with Gasteiger partial charge < -0.3 is 10.2 Å². The smallest absolute Gasteiger partial charge is 0.203 e. The third-order valence-corrected chi connectivity index (χ3v) is 3.28. The van der Waals surface area contributed by atoms with E-state index in [0.29, 0.717) is 6.04 Å². The number of likely N-dealkylation sites (tertiary alicyclic amines) is 1. The van der Waals surface area contributed by atoms with Crippen LogP contribution < -0.4 is 5.32 Å². The Morgan fingerprint density at radius 2 is 2.18 bits per heavy atom. The molecule has 0 bridgehead atoms. The molecule has 0 aliphatic carbocycles. The maximum Gasteiger partial charge on any atom is 0.203 e. The largest absolute Gasteiger partial charge is 0.364 e. The fourth-order valence-corrected chi connectivity index (χ4v) is 2.21. The lowest BCUT2D eigenvalue weighted by Gasteiger charge is -2.29. The molecule has 0 amide bonds. The molecule has 1 N–H and O–H groups in total. The van der Waals surface area contributed by atoms with Crippen LogP contribution in [0.15, 0.2) is 18.7 Å². The first kappa shape index (κ1) is 10.5. The summed E-state index contributed by atoms with van der Waals surface area (Å²) in [6.45, 7) is 2.26. The molecule has 0 aromatic carbocycles. The van der Waals surface area contributed by atoms with E-state index < -0.39 is 0 Å². The van der Waals surface area contributed by atoms with E-state index in [-0.39, 0.29) is 0 Å². The maximum atomic E-state index is 4.34. The summed E-state index contributed by atoms with van der Waals surface area (Å²) >= 11 is 0. The van der Waals surface area contributed by atoms with Gasteiger partial charge in [-0.25, -0.2) is 4.98 Å². The van der Waals surface area contributed by atoms with Gasteiger partial charge in [-0.15, -0.1) is 10.2 Å². The van der Waals surface area contributed by atoms with Gasteiger partial charge in [0, 0.05) is 18.4 Å². The highest BCUT2D eigenvalue weighted by Gasteiger charge is 2.17. The molecular formula is C11H16N6. The van der Waals surface area contributed by atoms with Gasteiger partial charge in [0.25, 0.3) is 0 Å². The molecule has 6 nitrogen and oxygen atoms in total. The molecule has 3 rings (SSSR count). The molecule has 3 heterocycles. The fraction of sp³-hybridized carbons (Fsp3) is 0.545. The third kappa shape index (κ3) is 2.08. The van der Waals surface area contributed by atoms with Gasteiger partial charge in [-0.1, -0.05) is 0 Å². The van der Waals surface area contributed by atoms with Crippen LogP contribution in [0.1, 0.15) is 12.8 Å². The van der Waals surface area contributed by atoms with Crippen LogP contribution >= 0.6 is 0 Å². The van der Waals surface area contributed by atoms with Gasteiger partial charge >= 0.3 is 0 Å². The van der Waals surface area contributed by atoms with Crippen molar-refractivity contribution in [1.82, 2.24) is 24.5 Å². The van der Waals surface area contributed by atoms with E-state index in [9.17, 15) is 0 Å². The van der Waals surface area contributed by atoms with E-state index in [2.05, 4.69) is 32.4 Å². The number of hydrogen-bond acceptors (Lipinski definition) is 5. The first-order valence-corrected chi connectivity index (χ1v) is 5.92. The second-order valence-corrected chi connectivity index (χ2v) is 4.56. The van der Waals surface area contributed by atoms with Crippen molar-refractivity contribution >= 4 is 11.5 Å². The van der Waals surface area contributed by atoms with Gasteiger partial charge in [0.05, 0.1) is 0 Å². The minimum absolute atomic E-state index is 0.488. The number of fused-ring (bicyclic) bond motifs is 1. The van der Waals surface area contributed by atoms with Crippen molar-refractivity contribution in [2.24, 2.45) is 0 Å². The van der Waals surface area contributed by atoms with Crippen LogP contribution in [0.3, 0.4) is 0 Å². The average Bonchev–Trinajstić information content (AvgIpc) is 2.81. The summed E-state index contributed by atoms with van der Waals surface area (Å²) in [7, 11) is 2.16. The Labute approximate surface area is 99.7 Å². The Balaban J connectivity index is 1.78. The van der Waals surface area contributed by atoms with E-state index >= 15 is 0 Å². The number of nitrogens with one attached hydrogen (secondary N) is 1. The van der Waals surface area contributed by atoms with Gasteiger partial charge in [0.2, 0.25) is 5.65 Å². The summed E-state index contributed by atoms with van der Waals surface area (Å²) < 4.78 is 1.88. The molecule has 1 aliphatic heterocycles. The molecule has 1 saturated heterocycles. The zero-order valence-corrected chi connectivity index (χ0v) is 9.87. The minimum atomic E-state index is 0.488. The summed E-state index contributed by atoms with van der Waals surface area (Å²) in [4.78, 5) is 6.69. The van der Waals surface area contributed by atoms with Crippen molar-refractivity contribution in [3.05, 3.63) is 18.7 Å². The van der Waals surface area contributed by atoms with Gasteiger partial charge in [0.15, 0.2) is 5.82 Å². The molecule has 0 radical (unpaired) electrons. The van der Waals surface area contributed by atoms with Crippen molar-refractivity contribution < 1.29 is 0 Å². The standard InChI is InChI=1S/C11H16N6/c1-16-5-2-9(3-6-16)14-10-11-15-13-8-17(11)7-4-12-10/h4,7-9H,2-3,5-6H2,1H3,(H,12,14). The number of piperidine rings is 1. The first-order chi connectivity index (χ1) is 8.33. The first-order valence-electron chi connectivity index (χ1n) is 5.92. The molecule has 1 aliphatic rings. The van der Waals surface area contributed by atoms with Crippen LogP contribution in [0.2, 0.25) is 0 Å². The monoisotopic (exact) mass is 232 g/mol. The lowest BCUT2D eigenvalue weighted by atomic mass is 10.1. The van der Waals surface area contributed by atoms with E-state index in [1.165, 1.54) is 0 Å². The SMILES string of the molecule is CN1CCC(Nc2nccn3cnnc23)CC1. The highest BCUT2D eigenvalue weighted by molar-refractivity contribution is 5.61. The third-order valence-electron chi connectivity index (χ3n) is 3.28. The summed E-state index contributed by atoms with van der Waals surface area (Å²) in [6, 6.07) is 0.488. The van der Waals surface area contributed by atoms with Crippen molar-refractivity contribution in [2.75, 3.05) is 25.5 Å². The van der Waals surface area contributed by atoms with Crippen molar-refractivity contribution in [2.45, 2.75) is 18.9 Å². The topological polar surface area (TPSA) is 58.4 Å². The van der Waals surface area contributed by atoms with Crippen molar-refractivity contribution in [3.8, 4) is 0 Å². The summed E-state index contributed by atoms with van der Waals surface area (Å²) in [6.07, 6.45) is 7.61. The summed E-state index contributed by atoms with van der Waals surface area (Å²) in [5, 5.41) is 11.4. The highest BCUT2D eigenvalue weighted by Crippen LogP contribution is 2.16. The van der Waals surface area contributed by atoms with Crippen molar-refractivity contribution in [3.63, 3.8) is 0 Å². The number of rotatable bonds is 2. The van der Waals surface area contributed by atoms with E-state index in [1.54, 1.807) is 12.5 Å². The maximum absolute atomic E-state index is 4.34. The summed E-state index contributed by atoms with van der Waals surface area (Å²) in [5.41, 5.74) is 0.798. The Hall–Kier alpha value is -1.69. The Morgan fingerprint density at radius 3 is 3.00 bits per heavy atom. The molecule has 90 valence electrons. The second-order valence-electron chi connectivity index (χ2n) is 4.56. The highest BCUT2D eigenvalue weighted by atomic mass is 15.2. The van der Waals surface area contributed by atoms with Gasteiger partial charge in [-0.05, 0) is 33.0 Å². The predicted octanol–water partition coefficient (Wildman–Crippen LogP) is 0.630. The molecule has 2 aromatic rings. The number of hydrogen-bond donors (Lipinski definition) is 1. The lowest BCUT2D eigenvalue weighted by Crippen LogP contribution is -2.37. The van der Waals surface area contributed by atoms with Crippen LogP contribution in [0.25, 0.3) is 5.65 Å². The Bertz CT molecular complexity index is 499. The molecule has 0 saturated carbocycles. The van der Waals surface area contributed by atoms with Crippen LogP contribution in [0.4, 0.5) is 5.82 Å². The number of anilines is 1. The normalized spacial score (nSPS) is 18.6. The van der Waals surface area contributed by atoms with Crippen LogP contribution in [-0.4, -0.2) is 50.7 Å². The molecule has 6 heteroatoms. The lowest BCUT2D eigenvalue weighted by molar-refractivity contribution is 0.263. The van der Waals surface area contributed by atoms with E-state index in [1.807, 2.05) is 10.6 Å². The van der Waals surface area contributed by atoms with Crippen LogP contribution in [-0.2, 0) is 0 Å². The van der Waals surface area contributed by atoms with Gasteiger partial charge in [-0.2, -0.15) is 0 Å². The van der Waals surface area contributed by atoms with E-state index in [4.69, 9.17) is 0 Å². The molecular weight excluding hydrogens is 216 g/mol. The van der Waals surface area contributed by atoms with Gasteiger partial charge in [-0.3, -0.25) is 4.40 Å².